The van der Waals surface area contributed by atoms with E-state index in [0.29, 0.717) is 37.7 Å². The maximum atomic E-state index is 14.5. The standard InChI is InChI=1S/C54H66N10O8S/c1-27(2)45(60-53(67)69-6)50(65)62-16-8-10-39(62)48-56-25-37(59-48)33-18-28(3)44-41-22-34-21-32(14-15-38(34)64(41)52(72-42(44)23-33)43-26-57-49(73-43)31-12-13-31)36-24-55-47(58-36)40-11-9-17-63(40)51(66)46(61-54(68)70-7)35-19-29(4)71-30(5)20-35/h14-15,18,21,23-27,29-31,35,39-41,45-46,52H,8-13,16-17,19-20,22H2,1-7H3,(H,55,58)(H,56,59)(H,60,67)(H,61,68)/t29-,30-,39+,40+,41?,45+,46?,52?/m1/s1. The summed E-state index contributed by atoms with van der Waals surface area (Å²) in [7, 11) is 2.62. The van der Waals surface area contributed by atoms with Gasteiger partial charge in [-0.1, -0.05) is 19.9 Å². The summed E-state index contributed by atoms with van der Waals surface area (Å²) < 4.78 is 23.0. The van der Waals surface area contributed by atoms with E-state index >= 15 is 0 Å². The molecule has 5 aliphatic heterocycles. The van der Waals surface area contributed by atoms with Crippen molar-refractivity contribution in [2.45, 2.75) is 147 Å². The van der Waals surface area contributed by atoms with Gasteiger partial charge < -0.3 is 54.2 Å². The molecule has 4 fully saturated rings. The highest BCUT2D eigenvalue weighted by Crippen LogP contribution is 2.55. The largest absolute Gasteiger partial charge is 0.465 e. The average Bonchev–Trinajstić information content (AvgIpc) is 4.10. The van der Waals surface area contributed by atoms with Crippen molar-refractivity contribution in [3.8, 4) is 28.3 Å². The Labute approximate surface area is 429 Å². The molecule has 19 heteroatoms. The Morgan fingerprint density at radius 1 is 0.781 bits per heavy atom. The van der Waals surface area contributed by atoms with E-state index in [1.165, 1.54) is 19.8 Å². The molecule has 73 heavy (non-hydrogen) atoms. The number of H-pyrrole nitrogens is 2. The number of methoxy groups -OCH3 is 2. The van der Waals surface area contributed by atoms with Gasteiger partial charge >= 0.3 is 12.2 Å². The third kappa shape index (κ3) is 9.31. The molecule has 1 saturated carbocycles. The lowest BCUT2D eigenvalue weighted by atomic mass is 9.85. The number of amides is 4. The minimum absolute atomic E-state index is 0.00829. The molecule has 1 aliphatic carbocycles. The first kappa shape index (κ1) is 48.8. The van der Waals surface area contributed by atoms with Crippen LogP contribution in [0.1, 0.15) is 148 Å². The average molecular weight is 1020 g/mol. The Morgan fingerprint density at radius 3 is 2.07 bits per heavy atom. The van der Waals surface area contributed by atoms with Crippen molar-refractivity contribution in [1.29, 1.82) is 0 Å². The highest BCUT2D eigenvalue weighted by atomic mass is 32.1. The van der Waals surface area contributed by atoms with Crippen LogP contribution >= 0.6 is 11.3 Å². The molecule has 5 aromatic rings. The summed E-state index contributed by atoms with van der Waals surface area (Å²) in [5, 5.41) is 6.79. The first-order valence-corrected chi connectivity index (χ1v) is 26.8. The summed E-state index contributed by atoms with van der Waals surface area (Å²) in [4.78, 5) is 82.2. The number of aromatic amines is 2. The second-order valence-corrected chi connectivity index (χ2v) is 22.3. The summed E-state index contributed by atoms with van der Waals surface area (Å²) >= 11 is 1.74. The molecule has 6 aliphatic rings. The number of likely N-dealkylation sites (tertiary alicyclic amines) is 2. The van der Waals surface area contributed by atoms with Gasteiger partial charge in [0.25, 0.3) is 0 Å². The zero-order valence-electron chi connectivity index (χ0n) is 42.6. The van der Waals surface area contributed by atoms with Gasteiger partial charge in [0.2, 0.25) is 18.0 Å². The van der Waals surface area contributed by atoms with Gasteiger partial charge in [0.1, 0.15) is 29.5 Å². The Bertz CT molecular complexity index is 2900. The van der Waals surface area contributed by atoms with Gasteiger partial charge in [-0.15, -0.1) is 11.3 Å². The van der Waals surface area contributed by atoms with Crippen LogP contribution in [0.3, 0.4) is 0 Å². The van der Waals surface area contributed by atoms with Crippen LogP contribution < -0.4 is 20.3 Å². The fourth-order valence-electron chi connectivity index (χ4n) is 12.2. The van der Waals surface area contributed by atoms with E-state index in [1.54, 1.807) is 11.3 Å². The lowest BCUT2D eigenvalue weighted by Gasteiger charge is -2.41. The molecular weight excluding hydrogens is 949 g/mol. The van der Waals surface area contributed by atoms with Crippen molar-refractivity contribution in [2.24, 2.45) is 11.8 Å². The summed E-state index contributed by atoms with van der Waals surface area (Å²) in [5.74, 6) is 2.26. The van der Waals surface area contributed by atoms with E-state index in [1.807, 2.05) is 56.1 Å². The molecule has 11 rings (SSSR count). The van der Waals surface area contributed by atoms with Crippen molar-refractivity contribution in [3.63, 3.8) is 0 Å². The second kappa shape index (κ2) is 19.8. The summed E-state index contributed by atoms with van der Waals surface area (Å²) in [6, 6.07) is 8.91. The quantitative estimate of drug-likeness (QED) is 0.0924. The predicted octanol–water partition coefficient (Wildman–Crippen LogP) is 8.94. The summed E-state index contributed by atoms with van der Waals surface area (Å²) in [6.45, 7) is 11.1. The lowest BCUT2D eigenvalue weighted by molar-refractivity contribution is -0.138. The van der Waals surface area contributed by atoms with Gasteiger partial charge in [0.05, 0.1) is 78.2 Å². The van der Waals surface area contributed by atoms with Gasteiger partial charge in [0, 0.05) is 42.0 Å². The van der Waals surface area contributed by atoms with E-state index in [0.717, 1.165) is 106 Å². The van der Waals surface area contributed by atoms with Crippen molar-refractivity contribution >= 4 is 41.0 Å². The molecule has 0 radical (unpaired) electrons. The minimum atomic E-state index is -0.738. The van der Waals surface area contributed by atoms with Crippen LogP contribution in [0.2, 0.25) is 0 Å². The van der Waals surface area contributed by atoms with Crippen LogP contribution in [0.5, 0.6) is 5.75 Å². The number of imidazole rings is 2. The fraction of sp³-hybridized carbons (Fsp3) is 0.537. The number of alkyl carbamates (subject to hydrolysis) is 2. The number of thiazole rings is 1. The SMILES string of the molecule is COC(=O)NC(C(=O)N1CCC[C@H]1c1ncc(-c2ccc3c(c2)CC2c4c(C)cc(-c5cnc([C@@H]6CCCN6C(=O)[C@@H](NC(=O)OC)C(C)C)[nH]5)cc4OC(c4cnc(C5CC5)s4)N32)[nH]1)C1C[C@@H](C)O[C@H](C)C1. The van der Waals surface area contributed by atoms with Gasteiger partial charge in [-0.2, -0.15) is 0 Å². The molecule has 3 saturated heterocycles. The fourth-order valence-corrected chi connectivity index (χ4v) is 13.3. The monoisotopic (exact) mass is 1010 g/mol. The second-order valence-electron chi connectivity index (χ2n) is 21.2. The lowest BCUT2D eigenvalue weighted by Crippen LogP contribution is -2.54. The number of hydrogen-bond donors (Lipinski definition) is 4. The zero-order chi connectivity index (χ0) is 50.8. The van der Waals surface area contributed by atoms with E-state index < -0.39 is 30.5 Å². The van der Waals surface area contributed by atoms with Gasteiger partial charge in [-0.25, -0.2) is 24.5 Å². The van der Waals surface area contributed by atoms with Gasteiger partial charge in [0.15, 0.2) is 0 Å². The number of rotatable bonds is 12. The number of carbonyl (C=O) groups excluding carboxylic acids is 4. The molecule has 2 aromatic carbocycles. The number of benzene rings is 2. The molecule has 8 heterocycles. The van der Waals surface area contributed by atoms with Crippen molar-refractivity contribution < 1.29 is 38.1 Å². The number of nitrogens with zero attached hydrogens (tertiary/aromatic N) is 6. The highest BCUT2D eigenvalue weighted by molar-refractivity contribution is 7.11. The van der Waals surface area contributed by atoms with Gasteiger partial charge in [-0.05, 0) is 131 Å². The summed E-state index contributed by atoms with van der Waals surface area (Å²) in [5.41, 5.74) is 8.16. The number of carbonyl (C=O) groups is 4. The molecule has 8 atom stereocenters. The maximum Gasteiger partial charge on any atom is 0.407 e. The smallest absolute Gasteiger partial charge is 0.407 e. The third-order valence-corrected chi connectivity index (χ3v) is 17.0. The number of ether oxygens (including phenoxy) is 4. The number of anilines is 1. The number of nitrogens with one attached hydrogen (secondary N) is 4. The van der Waals surface area contributed by atoms with Crippen LogP contribution in [0.15, 0.2) is 48.9 Å². The molecular formula is C54H66N10O8S. The Morgan fingerprint density at radius 2 is 1.42 bits per heavy atom. The van der Waals surface area contributed by atoms with Crippen molar-refractivity contribution in [1.82, 2.24) is 45.4 Å². The van der Waals surface area contributed by atoms with Crippen LogP contribution in [0.25, 0.3) is 22.5 Å². The van der Waals surface area contributed by atoms with Crippen LogP contribution in [0, 0.1) is 18.8 Å². The highest BCUT2D eigenvalue weighted by Gasteiger charge is 2.46. The summed E-state index contributed by atoms with van der Waals surface area (Å²) in [6.07, 6.45) is 11.5. The predicted molar refractivity (Wildman–Crippen MR) is 273 cm³/mol. The Hall–Kier alpha value is -6.47. The molecule has 386 valence electrons. The molecule has 3 aromatic heterocycles. The normalized spacial score (nSPS) is 25.2. The van der Waals surface area contributed by atoms with Crippen molar-refractivity contribution in [2.75, 3.05) is 32.2 Å². The van der Waals surface area contributed by atoms with E-state index in [4.69, 9.17) is 33.9 Å². The third-order valence-electron chi connectivity index (χ3n) is 15.8. The number of aryl methyl sites for hydroxylation is 1. The first-order valence-electron chi connectivity index (χ1n) is 26.0. The van der Waals surface area contributed by atoms with Crippen molar-refractivity contribution in [3.05, 3.63) is 87.1 Å². The molecule has 4 N–H and O–H groups in total. The first-order chi connectivity index (χ1) is 35.3. The van der Waals surface area contributed by atoms with Crippen LogP contribution in [-0.4, -0.2) is 110 Å². The Kier molecular flexibility index (Phi) is 13.2. The van der Waals surface area contributed by atoms with E-state index in [9.17, 15) is 19.2 Å². The molecule has 4 amide bonds. The zero-order valence-corrected chi connectivity index (χ0v) is 43.4. The molecule has 0 bridgehead atoms. The van der Waals surface area contributed by atoms with E-state index in [-0.39, 0.29) is 54.0 Å². The van der Waals surface area contributed by atoms with Crippen LogP contribution in [0.4, 0.5) is 15.3 Å². The topological polar surface area (TPSA) is 209 Å². The van der Waals surface area contributed by atoms with Gasteiger partial charge in [-0.3, -0.25) is 9.59 Å². The van der Waals surface area contributed by atoms with E-state index in [2.05, 4.69) is 62.8 Å². The number of hydrogen-bond acceptors (Lipinski definition) is 13. The van der Waals surface area contributed by atoms with Crippen LogP contribution in [-0.2, 0) is 30.2 Å². The molecule has 0 spiro atoms. The minimum Gasteiger partial charge on any atom is -0.465 e. The molecule has 3 unspecified atom stereocenters. The maximum absolute atomic E-state index is 14.5. The number of fused-ring (bicyclic) bond motifs is 5. The Balaban J connectivity index is 0.863. The molecule has 18 nitrogen and oxygen atoms in total. The number of aromatic nitrogens is 5.